The van der Waals surface area contributed by atoms with E-state index in [0.29, 0.717) is 5.69 Å². The molecule has 0 spiro atoms. The van der Waals surface area contributed by atoms with Crippen molar-refractivity contribution in [1.82, 2.24) is 0 Å². The first-order valence-electron chi connectivity index (χ1n) is 9.96. The Balaban J connectivity index is 1.62. The predicted octanol–water partition coefficient (Wildman–Crippen LogP) is 3.35. The van der Waals surface area contributed by atoms with Gasteiger partial charge in [-0.15, -0.1) is 0 Å². The molecule has 3 rings (SSSR count). The maximum absolute atomic E-state index is 12.6. The van der Waals surface area contributed by atoms with Crippen molar-refractivity contribution in [3.63, 3.8) is 0 Å². The number of carbonyl (C=O) groups is 3. The van der Waals surface area contributed by atoms with E-state index in [9.17, 15) is 14.4 Å². The average molecular weight is 394 g/mol. The first-order valence-corrected chi connectivity index (χ1v) is 9.96. The molecule has 0 aliphatic carbocycles. The lowest BCUT2D eigenvalue weighted by atomic mass is 10.0. The highest BCUT2D eigenvalue weighted by Crippen LogP contribution is 2.32. The summed E-state index contributed by atoms with van der Waals surface area (Å²) in [6.07, 6.45) is 1.71. The third kappa shape index (κ3) is 4.83. The summed E-state index contributed by atoms with van der Waals surface area (Å²) < 4.78 is 5.18. The van der Waals surface area contributed by atoms with Gasteiger partial charge in [0, 0.05) is 24.3 Å². The van der Waals surface area contributed by atoms with Crippen molar-refractivity contribution in [2.75, 3.05) is 23.4 Å². The molecule has 0 radical (unpaired) electrons. The van der Waals surface area contributed by atoms with Gasteiger partial charge in [0.25, 0.3) is 5.91 Å². The lowest BCUT2D eigenvalue weighted by Crippen LogP contribution is -2.29. The van der Waals surface area contributed by atoms with Crippen LogP contribution in [0.15, 0.2) is 48.5 Å². The molecular formula is C23H26N2O4. The molecule has 0 aromatic heterocycles. The number of esters is 1. The minimum absolute atomic E-state index is 0.0868. The van der Waals surface area contributed by atoms with Gasteiger partial charge >= 0.3 is 5.97 Å². The summed E-state index contributed by atoms with van der Waals surface area (Å²) in [5.74, 6) is -1.58. The normalized spacial score (nSPS) is 16.0. The fourth-order valence-corrected chi connectivity index (χ4v) is 3.62. The van der Waals surface area contributed by atoms with Gasteiger partial charge in [0.05, 0.1) is 5.92 Å². The zero-order chi connectivity index (χ0) is 20.8. The predicted molar refractivity (Wildman–Crippen MR) is 112 cm³/mol. The standard InChI is InChI=1S/C23H26N2O4/c1-3-16-9-8-10-17(4-2)22(16)25-14-18(13-21(25)27)23(28)29-15-20(26)24-19-11-6-5-7-12-19/h5-12,18H,3-4,13-15H2,1-2H3,(H,24,26)/t18-/m1/s1. The number of carbonyl (C=O) groups excluding carboxylic acids is 3. The SMILES string of the molecule is CCc1cccc(CC)c1N1C[C@H](C(=O)OCC(=O)Nc2ccccc2)CC1=O. The lowest BCUT2D eigenvalue weighted by molar-refractivity contribution is -0.151. The molecule has 2 amide bonds. The van der Waals surface area contributed by atoms with E-state index in [4.69, 9.17) is 4.74 Å². The largest absolute Gasteiger partial charge is 0.455 e. The maximum atomic E-state index is 12.6. The van der Waals surface area contributed by atoms with E-state index in [2.05, 4.69) is 19.2 Å². The number of anilines is 2. The third-order valence-corrected chi connectivity index (χ3v) is 5.10. The highest BCUT2D eigenvalue weighted by Gasteiger charge is 2.37. The number of hydrogen-bond donors (Lipinski definition) is 1. The number of para-hydroxylation sites is 2. The second kappa shape index (κ2) is 9.37. The van der Waals surface area contributed by atoms with Gasteiger partial charge in [-0.3, -0.25) is 14.4 Å². The van der Waals surface area contributed by atoms with Crippen molar-refractivity contribution in [2.24, 2.45) is 5.92 Å². The van der Waals surface area contributed by atoms with E-state index in [1.807, 2.05) is 24.3 Å². The molecule has 0 unspecified atom stereocenters. The van der Waals surface area contributed by atoms with Crippen LogP contribution in [-0.2, 0) is 32.0 Å². The Hall–Kier alpha value is -3.15. The maximum Gasteiger partial charge on any atom is 0.311 e. The topological polar surface area (TPSA) is 75.7 Å². The van der Waals surface area contributed by atoms with Crippen LogP contribution in [0.4, 0.5) is 11.4 Å². The Kier molecular flexibility index (Phi) is 6.65. The van der Waals surface area contributed by atoms with E-state index in [-0.39, 0.29) is 25.5 Å². The molecule has 1 saturated heterocycles. The number of nitrogens with one attached hydrogen (secondary N) is 1. The van der Waals surface area contributed by atoms with Gasteiger partial charge in [-0.05, 0) is 36.1 Å². The summed E-state index contributed by atoms with van der Waals surface area (Å²) in [6.45, 7) is 4.01. The van der Waals surface area contributed by atoms with Crippen molar-refractivity contribution in [3.05, 3.63) is 59.7 Å². The van der Waals surface area contributed by atoms with Crippen LogP contribution in [-0.4, -0.2) is 30.9 Å². The average Bonchev–Trinajstić information content (AvgIpc) is 3.13. The lowest BCUT2D eigenvalue weighted by Gasteiger charge is -2.23. The smallest absolute Gasteiger partial charge is 0.311 e. The van der Waals surface area contributed by atoms with Crippen LogP contribution < -0.4 is 10.2 Å². The molecule has 0 saturated carbocycles. The number of amides is 2. The molecule has 0 bridgehead atoms. The van der Waals surface area contributed by atoms with Crippen LogP contribution in [0.1, 0.15) is 31.4 Å². The number of rotatable bonds is 7. The van der Waals surface area contributed by atoms with Gasteiger partial charge in [0.15, 0.2) is 6.61 Å². The quantitative estimate of drug-likeness (QED) is 0.731. The Morgan fingerprint density at radius 3 is 2.31 bits per heavy atom. The fourth-order valence-electron chi connectivity index (χ4n) is 3.62. The van der Waals surface area contributed by atoms with Gasteiger partial charge in [0.1, 0.15) is 0 Å². The Morgan fingerprint density at radius 1 is 1.03 bits per heavy atom. The Morgan fingerprint density at radius 2 is 1.69 bits per heavy atom. The van der Waals surface area contributed by atoms with Gasteiger partial charge in [-0.25, -0.2) is 0 Å². The molecule has 1 atom stereocenters. The molecule has 1 fully saturated rings. The van der Waals surface area contributed by atoms with Crippen molar-refractivity contribution < 1.29 is 19.1 Å². The van der Waals surface area contributed by atoms with Crippen molar-refractivity contribution in [3.8, 4) is 0 Å². The molecule has 6 heteroatoms. The third-order valence-electron chi connectivity index (χ3n) is 5.10. The number of hydrogen-bond acceptors (Lipinski definition) is 4. The monoisotopic (exact) mass is 394 g/mol. The van der Waals surface area contributed by atoms with Crippen LogP contribution in [0.25, 0.3) is 0 Å². The summed E-state index contributed by atoms with van der Waals surface area (Å²) >= 11 is 0. The van der Waals surface area contributed by atoms with Gasteiger partial charge in [-0.1, -0.05) is 50.2 Å². The first-order chi connectivity index (χ1) is 14.0. The number of nitrogens with zero attached hydrogens (tertiary/aromatic N) is 1. The van der Waals surface area contributed by atoms with E-state index in [1.54, 1.807) is 29.2 Å². The van der Waals surface area contributed by atoms with Crippen molar-refractivity contribution >= 4 is 29.2 Å². The van der Waals surface area contributed by atoms with Gasteiger partial charge < -0.3 is 15.0 Å². The van der Waals surface area contributed by atoms with Crippen molar-refractivity contribution in [1.29, 1.82) is 0 Å². The molecule has 2 aromatic rings. The van der Waals surface area contributed by atoms with E-state index < -0.39 is 17.8 Å². The number of ether oxygens (including phenoxy) is 1. The second-order valence-electron chi connectivity index (χ2n) is 7.06. The van der Waals surface area contributed by atoms with Gasteiger partial charge in [-0.2, -0.15) is 0 Å². The summed E-state index contributed by atoms with van der Waals surface area (Å²) in [7, 11) is 0. The fraction of sp³-hybridized carbons (Fsp3) is 0.348. The van der Waals surface area contributed by atoms with Crippen LogP contribution in [0.2, 0.25) is 0 Å². The minimum Gasteiger partial charge on any atom is -0.455 e. The molecular weight excluding hydrogens is 368 g/mol. The van der Waals surface area contributed by atoms with Crippen LogP contribution in [0.3, 0.4) is 0 Å². The summed E-state index contributed by atoms with van der Waals surface area (Å²) in [6, 6.07) is 15.0. The molecule has 1 N–H and O–H groups in total. The van der Waals surface area contributed by atoms with E-state index >= 15 is 0 Å². The molecule has 29 heavy (non-hydrogen) atoms. The van der Waals surface area contributed by atoms with Crippen molar-refractivity contribution in [2.45, 2.75) is 33.1 Å². The highest BCUT2D eigenvalue weighted by molar-refractivity contribution is 6.01. The van der Waals surface area contributed by atoms with Crippen LogP contribution in [0.5, 0.6) is 0 Å². The Labute approximate surface area is 170 Å². The molecule has 6 nitrogen and oxygen atoms in total. The summed E-state index contributed by atoms with van der Waals surface area (Å²) in [5.41, 5.74) is 3.74. The van der Waals surface area contributed by atoms with E-state index in [0.717, 1.165) is 29.7 Å². The number of benzene rings is 2. The summed E-state index contributed by atoms with van der Waals surface area (Å²) in [4.78, 5) is 38.8. The molecule has 152 valence electrons. The highest BCUT2D eigenvalue weighted by atomic mass is 16.5. The van der Waals surface area contributed by atoms with Crippen LogP contribution >= 0.6 is 0 Å². The van der Waals surface area contributed by atoms with Crippen LogP contribution in [0, 0.1) is 5.92 Å². The van der Waals surface area contributed by atoms with Gasteiger partial charge in [0.2, 0.25) is 5.91 Å². The minimum atomic E-state index is -0.568. The second-order valence-corrected chi connectivity index (χ2v) is 7.06. The summed E-state index contributed by atoms with van der Waals surface area (Å²) in [5, 5.41) is 2.67. The first kappa shape index (κ1) is 20.6. The molecule has 1 heterocycles. The number of aryl methyl sites for hydroxylation is 2. The van der Waals surface area contributed by atoms with E-state index in [1.165, 1.54) is 0 Å². The zero-order valence-electron chi connectivity index (χ0n) is 16.8. The zero-order valence-corrected chi connectivity index (χ0v) is 16.8. The molecule has 2 aromatic carbocycles. The molecule has 1 aliphatic heterocycles. The molecule has 1 aliphatic rings. The Bertz CT molecular complexity index is 873.